The number of thioether (sulfide) groups is 1. The maximum atomic E-state index is 11.8. The molecular formula is C30H49N3O4S-2. The summed E-state index contributed by atoms with van der Waals surface area (Å²) in [6.07, 6.45) is 15.8. The van der Waals surface area contributed by atoms with E-state index in [2.05, 4.69) is 56.0 Å². The van der Waals surface area contributed by atoms with Crippen LogP contribution in [0.4, 0.5) is 5.95 Å². The Labute approximate surface area is 234 Å². The van der Waals surface area contributed by atoms with E-state index in [4.69, 9.17) is 0 Å². The number of allylic oxidation sites excluding steroid dienone is 1. The van der Waals surface area contributed by atoms with Gasteiger partial charge in [-0.05, 0) is 51.4 Å². The van der Waals surface area contributed by atoms with Gasteiger partial charge in [0.1, 0.15) is 0 Å². The largest absolute Gasteiger partial charge is 0.548 e. The van der Waals surface area contributed by atoms with Gasteiger partial charge in [-0.15, -0.1) is 11.8 Å². The maximum Gasteiger partial charge on any atom is 0.223 e. The van der Waals surface area contributed by atoms with E-state index in [9.17, 15) is 19.8 Å². The molecule has 1 N–H and O–H groups in total. The summed E-state index contributed by atoms with van der Waals surface area (Å²) in [5, 5.41) is 25.5. The Morgan fingerprint density at radius 3 is 1.97 bits per heavy atom. The number of aromatic carboxylic acids is 1. The van der Waals surface area contributed by atoms with Crippen molar-refractivity contribution >= 4 is 29.6 Å². The molecule has 216 valence electrons. The Hall–Kier alpha value is -2.09. The molecule has 2 unspecified atom stereocenters. The van der Waals surface area contributed by atoms with E-state index in [1.807, 2.05) is 13.8 Å². The van der Waals surface area contributed by atoms with E-state index >= 15 is 0 Å². The highest BCUT2D eigenvalue weighted by Crippen LogP contribution is 2.30. The summed E-state index contributed by atoms with van der Waals surface area (Å²) in [6, 6.07) is -1.06. The lowest BCUT2D eigenvalue weighted by molar-refractivity contribution is -0.307. The van der Waals surface area contributed by atoms with Crippen molar-refractivity contribution < 1.29 is 19.8 Å². The number of hydrogen-bond acceptors (Lipinski definition) is 8. The van der Waals surface area contributed by atoms with Crippen molar-refractivity contribution in [3.8, 4) is 0 Å². The zero-order valence-electron chi connectivity index (χ0n) is 24.5. The summed E-state index contributed by atoms with van der Waals surface area (Å²) in [5.74, 6) is 0.441. The molecule has 0 saturated heterocycles. The minimum absolute atomic E-state index is 0.0271. The molecular weight excluding hydrogens is 498 g/mol. The number of carbonyl (C=O) groups is 2. The van der Waals surface area contributed by atoms with Crippen LogP contribution in [0.15, 0.2) is 24.0 Å². The monoisotopic (exact) mass is 547 g/mol. The second kappa shape index (κ2) is 17.5. The standard InChI is InChI=1S/C30H51N3O4S/c1-21(2)11-8-12-22(3)13-9-14-23(4)15-10-16-24(5)17-18-38-30(6,7)26(28(36)37)33-29-31-19-25(20-32-29)27(34)35/h17,19-23,26H,8-16,18H2,1-7H3,(H,34,35)(H,36,37)(H,31,32,33)/p-2/b24-17+/t22?,23?,26-/m1/s1. The van der Waals surface area contributed by atoms with Crippen molar-refractivity contribution in [1.82, 2.24) is 9.97 Å². The molecule has 8 heteroatoms. The first-order valence-electron chi connectivity index (χ1n) is 14.1. The first-order chi connectivity index (χ1) is 17.8. The fraction of sp³-hybridized carbons (Fsp3) is 0.733. The topological polar surface area (TPSA) is 118 Å². The van der Waals surface area contributed by atoms with Gasteiger partial charge >= 0.3 is 0 Å². The molecule has 0 aliphatic heterocycles. The van der Waals surface area contributed by atoms with Crippen molar-refractivity contribution in [2.24, 2.45) is 17.8 Å². The molecule has 1 heterocycles. The van der Waals surface area contributed by atoms with Crippen LogP contribution in [0.1, 0.15) is 117 Å². The number of nitrogens with zero attached hydrogens (tertiary/aromatic N) is 2. The average molecular weight is 548 g/mol. The van der Waals surface area contributed by atoms with Crippen molar-refractivity contribution in [2.75, 3.05) is 11.1 Å². The molecule has 0 spiro atoms. The Morgan fingerprint density at radius 1 is 0.947 bits per heavy atom. The molecule has 0 amide bonds. The van der Waals surface area contributed by atoms with E-state index in [0.717, 1.165) is 36.6 Å². The highest BCUT2D eigenvalue weighted by atomic mass is 32.2. The third-order valence-electron chi connectivity index (χ3n) is 7.12. The summed E-state index contributed by atoms with van der Waals surface area (Å²) >= 11 is 1.51. The van der Waals surface area contributed by atoms with Gasteiger partial charge in [0.05, 0.1) is 18.0 Å². The van der Waals surface area contributed by atoms with Crippen molar-refractivity contribution in [3.05, 3.63) is 29.6 Å². The zero-order valence-corrected chi connectivity index (χ0v) is 25.4. The van der Waals surface area contributed by atoms with Gasteiger partial charge in [-0.25, -0.2) is 9.97 Å². The fourth-order valence-electron chi connectivity index (χ4n) is 4.45. The van der Waals surface area contributed by atoms with E-state index in [1.165, 1.54) is 68.7 Å². The number of nitrogens with one attached hydrogen (secondary N) is 1. The molecule has 0 aliphatic rings. The van der Waals surface area contributed by atoms with Crippen molar-refractivity contribution in [2.45, 2.75) is 117 Å². The maximum absolute atomic E-state index is 11.8. The molecule has 0 radical (unpaired) electrons. The van der Waals surface area contributed by atoms with Crippen LogP contribution < -0.4 is 15.5 Å². The number of carboxylic acids is 2. The molecule has 0 bridgehead atoms. The zero-order chi connectivity index (χ0) is 28.7. The van der Waals surface area contributed by atoms with Crippen LogP contribution in [-0.4, -0.2) is 38.4 Å². The predicted molar refractivity (Wildman–Crippen MR) is 154 cm³/mol. The number of aliphatic carboxylic acids is 1. The Morgan fingerprint density at radius 2 is 1.47 bits per heavy atom. The van der Waals surface area contributed by atoms with E-state index in [-0.39, 0.29) is 11.5 Å². The third kappa shape index (κ3) is 14.2. The van der Waals surface area contributed by atoms with Crippen LogP contribution in [-0.2, 0) is 4.79 Å². The van der Waals surface area contributed by atoms with E-state index < -0.39 is 22.7 Å². The van der Waals surface area contributed by atoms with Gasteiger partial charge in [0.15, 0.2) is 0 Å². The fourth-order valence-corrected chi connectivity index (χ4v) is 5.56. The lowest BCUT2D eigenvalue weighted by atomic mass is 9.91. The Bertz CT molecular complexity index is 871. The molecule has 1 aromatic rings. The lowest BCUT2D eigenvalue weighted by Gasteiger charge is -2.35. The average Bonchev–Trinajstić information content (AvgIpc) is 2.82. The van der Waals surface area contributed by atoms with Gasteiger partial charge in [0.25, 0.3) is 0 Å². The van der Waals surface area contributed by atoms with Gasteiger partial charge in [-0.3, -0.25) is 0 Å². The molecule has 0 aliphatic carbocycles. The smallest absolute Gasteiger partial charge is 0.223 e. The quantitative estimate of drug-likeness (QED) is 0.219. The molecule has 1 rings (SSSR count). The number of carbonyl (C=O) groups excluding carboxylic acids is 2. The van der Waals surface area contributed by atoms with E-state index in [0.29, 0.717) is 5.75 Å². The first kappa shape index (κ1) is 33.9. The van der Waals surface area contributed by atoms with Crippen LogP contribution in [0.2, 0.25) is 0 Å². The minimum atomic E-state index is -1.39. The van der Waals surface area contributed by atoms with Crippen molar-refractivity contribution in [3.63, 3.8) is 0 Å². The van der Waals surface area contributed by atoms with Crippen LogP contribution >= 0.6 is 11.8 Å². The third-order valence-corrected chi connectivity index (χ3v) is 8.43. The molecule has 0 fully saturated rings. The number of anilines is 1. The Kier molecular flexibility index (Phi) is 15.6. The Balaban J connectivity index is 2.39. The molecule has 0 saturated carbocycles. The first-order valence-corrected chi connectivity index (χ1v) is 15.1. The van der Waals surface area contributed by atoms with Gasteiger partial charge in [0, 0.05) is 28.5 Å². The predicted octanol–water partition coefficient (Wildman–Crippen LogP) is 5.27. The highest BCUT2D eigenvalue weighted by molar-refractivity contribution is 8.00. The molecule has 7 nitrogen and oxygen atoms in total. The summed E-state index contributed by atoms with van der Waals surface area (Å²) in [7, 11) is 0. The van der Waals surface area contributed by atoms with Crippen LogP contribution in [0.3, 0.4) is 0 Å². The molecule has 1 aromatic heterocycles. The second-order valence-electron chi connectivity index (χ2n) is 11.8. The molecule has 0 aromatic carbocycles. The van der Waals surface area contributed by atoms with Gasteiger partial charge in [0.2, 0.25) is 5.95 Å². The number of hydrogen-bond donors (Lipinski definition) is 1. The summed E-state index contributed by atoms with van der Waals surface area (Å²) in [6.45, 7) is 15.2. The van der Waals surface area contributed by atoms with Crippen LogP contribution in [0.25, 0.3) is 0 Å². The SMILES string of the molecule is C/C(=C\CSC(C)(C)[C@H](Nc1ncc(C(=O)[O-])cn1)C(=O)[O-])CCCC(C)CCCC(C)CCCC(C)C. The normalized spacial score (nSPS) is 14.8. The summed E-state index contributed by atoms with van der Waals surface area (Å²) in [5.41, 5.74) is 1.14. The summed E-state index contributed by atoms with van der Waals surface area (Å²) in [4.78, 5) is 30.5. The highest BCUT2D eigenvalue weighted by Gasteiger charge is 2.31. The molecule has 3 atom stereocenters. The van der Waals surface area contributed by atoms with Crippen LogP contribution in [0.5, 0.6) is 0 Å². The number of carboxylic acid groups (broad SMARTS) is 2. The molecule has 38 heavy (non-hydrogen) atoms. The minimum Gasteiger partial charge on any atom is -0.548 e. The van der Waals surface area contributed by atoms with Gasteiger partial charge < -0.3 is 25.1 Å². The van der Waals surface area contributed by atoms with Crippen molar-refractivity contribution in [1.29, 1.82) is 0 Å². The lowest BCUT2D eigenvalue weighted by Crippen LogP contribution is -2.52. The van der Waals surface area contributed by atoms with Gasteiger partial charge in [-0.1, -0.05) is 84.3 Å². The van der Waals surface area contributed by atoms with E-state index in [1.54, 1.807) is 0 Å². The number of rotatable bonds is 20. The summed E-state index contributed by atoms with van der Waals surface area (Å²) < 4.78 is -0.716. The van der Waals surface area contributed by atoms with Crippen LogP contribution in [0, 0.1) is 17.8 Å². The number of aromatic nitrogens is 2. The van der Waals surface area contributed by atoms with Gasteiger partial charge in [-0.2, -0.15) is 0 Å². The second-order valence-corrected chi connectivity index (χ2v) is 13.5.